The summed E-state index contributed by atoms with van der Waals surface area (Å²) >= 11 is 0. The summed E-state index contributed by atoms with van der Waals surface area (Å²) in [6.45, 7) is 6.35. The fraction of sp³-hybridized carbons (Fsp3) is 0.389. The van der Waals surface area contributed by atoms with E-state index in [1.165, 1.54) is 11.0 Å². The Bertz CT molecular complexity index is 750. The summed E-state index contributed by atoms with van der Waals surface area (Å²) in [7, 11) is 0. The molecule has 0 atom stereocenters. The molecule has 0 saturated heterocycles. The molecule has 26 heavy (non-hydrogen) atoms. The first-order valence-corrected chi connectivity index (χ1v) is 7.87. The van der Waals surface area contributed by atoms with Crippen LogP contribution in [0.25, 0.3) is 5.76 Å². The molecule has 0 radical (unpaired) electrons. The number of anilines is 1. The molecule has 0 spiro atoms. The van der Waals surface area contributed by atoms with Crippen LogP contribution in [-0.2, 0) is 19.1 Å². The molecule has 0 aromatic heterocycles. The molecular weight excluding hydrogens is 333 g/mol. The van der Waals surface area contributed by atoms with Crippen LogP contribution in [0.5, 0.6) is 0 Å². The predicted molar refractivity (Wildman–Crippen MR) is 88.6 cm³/mol. The van der Waals surface area contributed by atoms with Gasteiger partial charge in [-0.3, -0.25) is 9.69 Å². The van der Waals surface area contributed by atoms with Crippen molar-refractivity contribution in [2.24, 2.45) is 0 Å². The molecule has 1 aliphatic heterocycles. The Morgan fingerprint density at radius 2 is 1.81 bits per heavy atom. The molecule has 8 heteroatoms. The molecule has 0 saturated carbocycles. The van der Waals surface area contributed by atoms with Crippen LogP contribution in [0.15, 0.2) is 29.8 Å². The van der Waals surface area contributed by atoms with Crippen molar-refractivity contribution in [1.29, 1.82) is 0 Å². The van der Waals surface area contributed by atoms with Gasteiger partial charge in [0.25, 0.3) is 5.78 Å². The number of para-hydroxylation sites is 1. The molecule has 0 unspecified atom stereocenters. The molecule has 2 rings (SSSR count). The van der Waals surface area contributed by atoms with E-state index in [4.69, 9.17) is 4.74 Å². The third-order valence-electron chi connectivity index (χ3n) is 3.38. The summed E-state index contributed by atoms with van der Waals surface area (Å²) < 4.78 is 10.0. The Morgan fingerprint density at radius 3 is 2.38 bits per heavy atom. The number of ketones is 1. The molecule has 7 nitrogen and oxygen atoms in total. The van der Waals surface area contributed by atoms with Gasteiger partial charge in [-0.15, -0.1) is 0 Å². The monoisotopic (exact) mass is 353 g/mol. The SMILES string of the molecule is CCOC(=O)C(=O)C1=C([O-])c2ccccc2N(C(=O)OC(C)(C)C)C1.[Li+]. The van der Waals surface area contributed by atoms with Crippen LogP contribution in [0.2, 0.25) is 0 Å². The molecular formula is C18H20LiNO6. The molecule has 0 fully saturated rings. The fourth-order valence-electron chi connectivity index (χ4n) is 2.35. The number of carbonyl (C=O) groups excluding carboxylic acids is 3. The van der Waals surface area contributed by atoms with Crippen LogP contribution in [0.4, 0.5) is 10.5 Å². The smallest absolute Gasteiger partial charge is 0.872 e. The third kappa shape index (κ3) is 4.68. The number of hydrogen-bond acceptors (Lipinski definition) is 6. The first kappa shape index (κ1) is 21.8. The molecule has 1 aliphatic rings. The van der Waals surface area contributed by atoms with Gasteiger partial charge in [-0.1, -0.05) is 24.0 Å². The van der Waals surface area contributed by atoms with E-state index in [0.717, 1.165) is 0 Å². The van der Waals surface area contributed by atoms with Gasteiger partial charge >= 0.3 is 30.9 Å². The second kappa shape index (κ2) is 8.43. The summed E-state index contributed by atoms with van der Waals surface area (Å²) in [4.78, 5) is 37.6. The maximum atomic E-state index is 12.6. The van der Waals surface area contributed by atoms with Gasteiger partial charge in [0.15, 0.2) is 0 Å². The van der Waals surface area contributed by atoms with E-state index in [0.29, 0.717) is 5.69 Å². The van der Waals surface area contributed by atoms with Gasteiger partial charge < -0.3 is 14.6 Å². The number of Topliss-reactive ketones (excluding diaryl/α,β-unsaturated/α-hetero) is 1. The molecule has 1 heterocycles. The number of fused-ring (bicyclic) bond motifs is 1. The van der Waals surface area contributed by atoms with Crippen molar-refractivity contribution < 1.29 is 47.8 Å². The second-order valence-corrected chi connectivity index (χ2v) is 6.44. The third-order valence-corrected chi connectivity index (χ3v) is 3.38. The molecule has 0 aliphatic carbocycles. The minimum Gasteiger partial charge on any atom is -0.872 e. The summed E-state index contributed by atoms with van der Waals surface area (Å²) in [6, 6.07) is 6.36. The first-order chi connectivity index (χ1) is 11.7. The van der Waals surface area contributed by atoms with E-state index >= 15 is 0 Å². The fourth-order valence-corrected chi connectivity index (χ4v) is 2.35. The van der Waals surface area contributed by atoms with Gasteiger partial charge in [-0.05, 0) is 39.3 Å². The van der Waals surface area contributed by atoms with Gasteiger partial charge in [-0.25, -0.2) is 9.59 Å². The van der Waals surface area contributed by atoms with E-state index in [2.05, 4.69) is 4.74 Å². The van der Waals surface area contributed by atoms with Crippen LogP contribution < -0.4 is 28.9 Å². The van der Waals surface area contributed by atoms with E-state index in [9.17, 15) is 19.5 Å². The number of hydrogen-bond donors (Lipinski definition) is 0. The van der Waals surface area contributed by atoms with E-state index in [1.54, 1.807) is 45.9 Å². The van der Waals surface area contributed by atoms with E-state index in [-0.39, 0.29) is 43.1 Å². The van der Waals surface area contributed by atoms with Crippen molar-refractivity contribution in [1.82, 2.24) is 0 Å². The molecule has 0 N–H and O–H groups in total. The maximum absolute atomic E-state index is 12.6. The van der Waals surface area contributed by atoms with Gasteiger partial charge in [0, 0.05) is 5.57 Å². The van der Waals surface area contributed by atoms with Crippen molar-refractivity contribution >= 4 is 29.3 Å². The predicted octanol–water partition coefficient (Wildman–Crippen LogP) is -1.35. The molecule has 0 bridgehead atoms. The summed E-state index contributed by atoms with van der Waals surface area (Å²) in [5, 5.41) is 12.6. The Morgan fingerprint density at radius 1 is 1.19 bits per heavy atom. The maximum Gasteiger partial charge on any atom is 1.00 e. The standard InChI is InChI=1S/C18H21NO6.Li/c1-5-24-16(22)15(21)12-10-19(17(23)25-18(2,3)4)13-9-7-6-8-11(13)14(12)20;/h6-9,20H,5,10H2,1-4H3;/q;+1/p-1. The molecule has 1 amide bonds. The number of esters is 1. The number of amides is 1. The topological polar surface area (TPSA) is 96.0 Å². The number of carbonyl (C=O) groups is 3. The molecule has 1 aromatic rings. The Labute approximate surface area is 164 Å². The van der Waals surface area contributed by atoms with Crippen molar-refractivity contribution in [3.63, 3.8) is 0 Å². The molecule has 1 aromatic carbocycles. The minimum absolute atomic E-state index is 0. The normalized spacial score (nSPS) is 13.5. The summed E-state index contributed by atoms with van der Waals surface area (Å²) in [6.07, 6.45) is -0.707. The van der Waals surface area contributed by atoms with Crippen LogP contribution in [0, 0.1) is 0 Å². The second-order valence-electron chi connectivity index (χ2n) is 6.44. The van der Waals surface area contributed by atoms with Crippen molar-refractivity contribution in [3.05, 3.63) is 35.4 Å². The number of ether oxygens (including phenoxy) is 2. The average Bonchev–Trinajstić information content (AvgIpc) is 2.53. The van der Waals surface area contributed by atoms with E-state index < -0.39 is 29.2 Å². The van der Waals surface area contributed by atoms with Crippen LogP contribution >= 0.6 is 0 Å². The summed E-state index contributed by atoms with van der Waals surface area (Å²) in [5.41, 5.74) is -0.573. The van der Waals surface area contributed by atoms with Gasteiger partial charge in [0.05, 0.1) is 18.8 Å². The quantitative estimate of drug-likeness (QED) is 0.379. The number of rotatable bonds is 3. The van der Waals surface area contributed by atoms with Gasteiger partial charge in [0.1, 0.15) is 5.60 Å². The first-order valence-electron chi connectivity index (χ1n) is 7.87. The Kier molecular flexibility index (Phi) is 7.07. The zero-order chi connectivity index (χ0) is 18.8. The summed E-state index contributed by atoms with van der Waals surface area (Å²) in [5.74, 6) is -2.75. The Hall–Kier alpha value is -2.23. The zero-order valence-electron chi connectivity index (χ0n) is 15.6. The molecule has 134 valence electrons. The minimum atomic E-state index is -1.12. The van der Waals surface area contributed by atoms with E-state index in [1.807, 2.05) is 0 Å². The van der Waals surface area contributed by atoms with Crippen molar-refractivity contribution in [2.45, 2.75) is 33.3 Å². The zero-order valence-corrected chi connectivity index (χ0v) is 15.6. The number of benzene rings is 1. The largest absolute Gasteiger partial charge is 1.00 e. The van der Waals surface area contributed by atoms with Crippen LogP contribution in [0.1, 0.15) is 33.3 Å². The van der Waals surface area contributed by atoms with Gasteiger partial charge in [-0.2, -0.15) is 0 Å². The van der Waals surface area contributed by atoms with Crippen molar-refractivity contribution in [2.75, 3.05) is 18.1 Å². The number of nitrogens with zero attached hydrogens (tertiary/aromatic N) is 1. The van der Waals surface area contributed by atoms with Crippen LogP contribution in [0.3, 0.4) is 0 Å². The van der Waals surface area contributed by atoms with Crippen molar-refractivity contribution in [3.8, 4) is 0 Å². The average molecular weight is 353 g/mol. The van der Waals surface area contributed by atoms with Crippen LogP contribution in [-0.4, -0.2) is 36.6 Å². The van der Waals surface area contributed by atoms with Gasteiger partial charge in [0.2, 0.25) is 0 Å². The Balaban J connectivity index is 0.00000338.